The number of furan rings is 1. The van der Waals surface area contributed by atoms with Crippen molar-refractivity contribution in [3.63, 3.8) is 0 Å². The van der Waals surface area contributed by atoms with Gasteiger partial charge in [0, 0.05) is 25.4 Å². The summed E-state index contributed by atoms with van der Waals surface area (Å²) in [6.07, 6.45) is 5.55. The fraction of sp³-hybridized carbons (Fsp3) is 0.231. The first-order valence-electron chi connectivity index (χ1n) is 6.50. The number of carbonyl (C=O) groups excluding carboxylic acids is 1. The van der Waals surface area contributed by atoms with Gasteiger partial charge in [0.15, 0.2) is 5.76 Å². The maximum Gasteiger partial charge on any atom is 0.287 e. The first kappa shape index (κ1) is 13.1. The highest BCUT2D eigenvalue weighted by Gasteiger charge is 2.11. The third-order valence-corrected chi connectivity index (χ3v) is 2.87. The third kappa shape index (κ3) is 3.35. The molecule has 21 heavy (non-hydrogen) atoms. The summed E-state index contributed by atoms with van der Waals surface area (Å²) in [7, 11) is 0. The van der Waals surface area contributed by atoms with Crippen LogP contribution in [-0.4, -0.2) is 37.4 Å². The van der Waals surface area contributed by atoms with Crippen LogP contribution in [0.15, 0.2) is 41.3 Å². The molecule has 0 aliphatic rings. The zero-order chi connectivity index (χ0) is 14.5. The van der Waals surface area contributed by atoms with Gasteiger partial charge in [-0.05, 0) is 18.2 Å². The van der Waals surface area contributed by atoms with Crippen LogP contribution in [0.3, 0.4) is 0 Å². The molecular weight excluding hydrogens is 272 g/mol. The second-order valence-corrected chi connectivity index (χ2v) is 4.41. The first-order chi connectivity index (χ1) is 10.3. The molecule has 0 radical (unpaired) electrons. The van der Waals surface area contributed by atoms with Gasteiger partial charge in [0.25, 0.3) is 5.91 Å². The van der Waals surface area contributed by atoms with E-state index in [1.165, 1.54) is 6.33 Å². The minimum Gasteiger partial charge on any atom is -0.454 e. The molecule has 8 heteroatoms. The summed E-state index contributed by atoms with van der Waals surface area (Å²) >= 11 is 0. The molecular formula is C13H14N6O2. The molecule has 0 aliphatic carbocycles. The van der Waals surface area contributed by atoms with E-state index < -0.39 is 0 Å². The maximum absolute atomic E-state index is 11.9. The Hall–Kier alpha value is -2.90. The van der Waals surface area contributed by atoms with Gasteiger partial charge in [-0.15, -0.1) is 0 Å². The Morgan fingerprint density at radius 2 is 2.38 bits per heavy atom. The topological polar surface area (TPSA) is 102 Å². The van der Waals surface area contributed by atoms with E-state index in [-0.39, 0.29) is 11.7 Å². The van der Waals surface area contributed by atoms with Crippen LogP contribution in [0.1, 0.15) is 22.1 Å². The Morgan fingerprint density at radius 1 is 1.43 bits per heavy atom. The summed E-state index contributed by atoms with van der Waals surface area (Å²) in [6.45, 7) is 0.960. The lowest BCUT2D eigenvalue weighted by Gasteiger charge is -2.01. The molecule has 0 unspecified atom stereocenters. The number of hydrogen-bond donors (Lipinski definition) is 2. The molecule has 3 heterocycles. The van der Waals surface area contributed by atoms with E-state index in [2.05, 4.69) is 25.6 Å². The average molecular weight is 286 g/mol. The van der Waals surface area contributed by atoms with Crippen molar-refractivity contribution in [2.24, 2.45) is 0 Å². The van der Waals surface area contributed by atoms with Crippen molar-refractivity contribution in [3.8, 4) is 0 Å². The smallest absolute Gasteiger partial charge is 0.287 e. The predicted molar refractivity (Wildman–Crippen MR) is 72.5 cm³/mol. The van der Waals surface area contributed by atoms with Gasteiger partial charge in [0.1, 0.15) is 17.9 Å². The molecule has 8 nitrogen and oxygen atoms in total. The number of nitrogens with zero attached hydrogens (tertiary/aromatic N) is 4. The van der Waals surface area contributed by atoms with E-state index in [1.54, 1.807) is 23.0 Å². The van der Waals surface area contributed by atoms with Crippen molar-refractivity contribution < 1.29 is 9.21 Å². The second kappa shape index (κ2) is 6.04. The van der Waals surface area contributed by atoms with Crippen molar-refractivity contribution in [3.05, 3.63) is 54.3 Å². The molecule has 1 amide bonds. The number of aromatic nitrogens is 5. The number of carbonyl (C=O) groups is 1. The molecule has 0 atom stereocenters. The van der Waals surface area contributed by atoms with Crippen LogP contribution in [0.4, 0.5) is 0 Å². The van der Waals surface area contributed by atoms with Gasteiger partial charge in [-0.25, -0.2) is 4.98 Å². The van der Waals surface area contributed by atoms with Crippen molar-refractivity contribution in [2.45, 2.75) is 13.0 Å². The lowest BCUT2D eigenvalue weighted by atomic mass is 10.3. The normalized spacial score (nSPS) is 10.7. The molecule has 0 saturated carbocycles. The highest BCUT2D eigenvalue weighted by Crippen LogP contribution is 2.09. The van der Waals surface area contributed by atoms with E-state index >= 15 is 0 Å². The summed E-state index contributed by atoms with van der Waals surface area (Å²) in [6, 6.07) is 5.26. The van der Waals surface area contributed by atoms with Gasteiger partial charge in [-0.1, -0.05) is 0 Å². The third-order valence-electron chi connectivity index (χ3n) is 2.87. The molecule has 0 fully saturated rings. The van der Waals surface area contributed by atoms with Crippen LogP contribution in [0.5, 0.6) is 0 Å². The fourth-order valence-electron chi connectivity index (χ4n) is 1.87. The van der Waals surface area contributed by atoms with E-state index in [9.17, 15) is 4.79 Å². The number of nitrogens with one attached hydrogen (secondary N) is 2. The zero-order valence-electron chi connectivity index (χ0n) is 11.2. The van der Waals surface area contributed by atoms with Crippen LogP contribution in [0.25, 0.3) is 0 Å². The van der Waals surface area contributed by atoms with Crippen molar-refractivity contribution in [1.29, 1.82) is 0 Å². The summed E-state index contributed by atoms with van der Waals surface area (Å²) in [5, 5.41) is 13.3. The lowest BCUT2D eigenvalue weighted by molar-refractivity contribution is 0.0924. The molecule has 2 N–H and O–H groups in total. The van der Waals surface area contributed by atoms with Gasteiger partial charge in [0.2, 0.25) is 0 Å². The SMILES string of the molecule is O=C(NCCc1ncn[nH]1)c1ccc(Cn2cccn2)o1. The molecule has 0 aliphatic heterocycles. The zero-order valence-corrected chi connectivity index (χ0v) is 11.2. The van der Waals surface area contributed by atoms with Crippen LogP contribution < -0.4 is 5.32 Å². The maximum atomic E-state index is 11.9. The van der Waals surface area contributed by atoms with Gasteiger partial charge >= 0.3 is 0 Å². The Morgan fingerprint density at radius 3 is 3.14 bits per heavy atom. The number of amides is 1. The highest BCUT2D eigenvalue weighted by molar-refractivity contribution is 5.91. The molecule has 0 aromatic carbocycles. The summed E-state index contributed by atoms with van der Waals surface area (Å²) in [5.41, 5.74) is 0. The molecule has 108 valence electrons. The molecule has 3 aromatic rings. The number of rotatable bonds is 6. The monoisotopic (exact) mass is 286 g/mol. The van der Waals surface area contributed by atoms with Crippen molar-refractivity contribution in [2.75, 3.05) is 6.54 Å². The van der Waals surface area contributed by atoms with E-state index in [4.69, 9.17) is 4.42 Å². The Kier molecular flexibility index (Phi) is 3.77. The lowest BCUT2D eigenvalue weighted by Crippen LogP contribution is -2.25. The standard InChI is InChI=1S/C13H14N6O2/c20-13(14-6-4-12-15-9-16-18-12)11-3-2-10(21-11)8-19-7-1-5-17-19/h1-3,5,7,9H,4,6,8H2,(H,14,20)(H,15,16,18). The molecule has 0 saturated heterocycles. The van der Waals surface area contributed by atoms with Gasteiger partial charge < -0.3 is 9.73 Å². The Bertz CT molecular complexity index is 686. The summed E-state index contributed by atoms with van der Waals surface area (Å²) < 4.78 is 7.22. The van der Waals surface area contributed by atoms with Gasteiger partial charge in [-0.3, -0.25) is 14.6 Å². The minimum absolute atomic E-state index is 0.249. The van der Waals surface area contributed by atoms with Crippen molar-refractivity contribution in [1.82, 2.24) is 30.3 Å². The summed E-state index contributed by atoms with van der Waals surface area (Å²) in [4.78, 5) is 15.9. The van der Waals surface area contributed by atoms with Crippen LogP contribution in [-0.2, 0) is 13.0 Å². The molecule has 0 bridgehead atoms. The first-order valence-corrected chi connectivity index (χ1v) is 6.50. The highest BCUT2D eigenvalue weighted by atomic mass is 16.4. The average Bonchev–Trinajstić information content (AvgIpc) is 3.20. The van der Waals surface area contributed by atoms with E-state index in [0.29, 0.717) is 25.3 Å². The quantitative estimate of drug-likeness (QED) is 0.691. The summed E-state index contributed by atoms with van der Waals surface area (Å²) in [5.74, 6) is 1.45. The fourth-order valence-corrected chi connectivity index (χ4v) is 1.87. The van der Waals surface area contributed by atoms with Crippen LogP contribution in [0, 0.1) is 0 Å². The second-order valence-electron chi connectivity index (χ2n) is 4.41. The van der Waals surface area contributed by atoms with E-state index in [0.717, 1.165) is 5.82 Å². The van der Waals surface area contributed by atoms with Crippen LogP contribution in [0.2, 0.25) is 0 Å². The molecule has 3 aromatic heterocycles. The molecule has 3 rings (SSSR count). The van der Waals surface area contributed by atoms with Crippen LogP contribution >= 0.6 is 0 Å². The van der Waals surface area contributed by atoms with Gasteiger partial charge in [0.05, 0.1) is 6.54 Å². The van der Waals surface area contributed by atoms with Crippen molar-refractivity contribution >= 4 is 5.91 Å². The number of hydrogen-bond acceptors (Lipinski definition) is 5. The minimum atomic E-state index is -0.249. The largest absolute Gasteiger partial charge is 0.454 e. The van der Waals surface area contributed by atoms with Gasteiger partial charge in [-0.2, -0.15) is 10.2 Å². The van der Waals surface area contributed by atoms with E-state index in [1.807, 2.05) is 12.3 Å². The number of aromatic amines is 1. The predicted octanol–water partition coefficient (Wildman–Crippen LogP) is 0.615. The Balaban J connectivity index is 1.51. The number of H-pyrrole nitrogens is 1. The molecule has 0 spiro atoms. The Labute approximate surface area is 120 Å².